The lowest BCUT2D eigenvalue weighted by molar-refractivity contribution is -0.132. The van der Waals surface area contributed by atoms with Gasteiger partial charge in [0, 0.05) is 44.2 Å². The molecule has 1 aliphatic carbocycles. The predicted octanol–water partition coefficient (Wildman–Crippen LogP) is 2.03. The molecule has 2 amide bonds. The van der Waals surface area contributed by atoms with Crippen molar-refractivity contribution in [3.63, 3.8) is 0 Å². The van der Waals surface area contributed by atoms with Crippen molar-refractivity contribution in [1.82, 2.24) is 9.80 Å². The topological polar surface area (TPSA) is 90.3 Å². The Bertz CT molecular complexity index is 818. The highest BCUT2D eigenvalue weighted by Crippen LogP contribution is 2.45. The van der Waals surface area contributed by atoms with Crippen molar-refractivity contribution in [2.45, 2.75) is 12.5 Å². The molecule has 0 aromatic heterocycles. The molecule has 0 fully saturated rings. The monoisotopic (exact) mass is 398 g/mol. The van der Waals surface area contributed by atoms with Crippen LogP contribution >= 0.6 is 0 Å². The molecule has 0 aliphatic heterocycles. The summed E-state index contributed by atoms with van der Waals surface area (Å²) in [6.45, 7) is 0.141. The first-order valence-corrected chi connectivity index (χ1v) is 9.66. The van der Waals surface area contributed by atoms with E-state index in [1.807, 2.05) is 48.5 Å². The van der Waals surface area contributed by atoms with Crippen molar-refractivity contribution in [2.75, 3.05) is 39.9 Å². The van der Waals surface area contributed by atoms with E-state index in [-0.39, 0.29) is 45.2 Å². The van der Waals surface area contributed by atoms with Crippen LogP contribution in [-0.4, -0.2) is 71.9 Å². The summed E-state index contributed by atoms with van der Waals surface area (Å²) in [4.78, 5) is 27.6. The number of carbonyl (C=O) groups excluding carboxylic acids is 2. The Morgan fingerprint density at radius 3 is 1.93 bits per heavy atom. The maximum Gasteiger partial charge on any atom is 0.410 e. The summed E-state index contributed by atoms with van der Waals surface area (Å²) in [6.07, 6.45) is -0.901. The Morgan fingerprint density at radius 2 is 1.41 bits per heavy atom. The molecule has 0 saturated carbocycles. The molecule has 7 nitrogen and oxygen atoms in total. The number of fused-ring (bicyclic) bond motifs is 3. The van der Waals surface area contributed by atoms with E-state index in [4.69, 9.17) is 14.9 Å². The molecule has 2 aromatic rings. The number of amides is 2. The van der Waals surface area contributed by atoms with Crippen molar-refractivity contribution in [3.8, 4) is 11.1 Å². The molecule has 1 aliphatic rings. The molecule has 0 atom stereocenters. The lowest BCUT2D eigenvalue weighted by Gasteiger charge is -2.24. The normalized spacial score (nSPS) is 12.2. The van der Waals surface area contributed by atoms with Crippen molar-refractivity contribution in [1.29, 1.82) is 0 Å². The van der Waals surface area contributed by atoms with E-state index in [0.29, 0.717) is 0 Å². The Labute approximate surface area is 170 Å². The molecule has 0 heterocycles. The summed E-state index contributed by atoms with van der Waals surface area (Å²) in [5, 5.41) is 18.1. The number of aliphatic hydroxyl groups is 2. The maximum atomic E-state index is 12.7. The van der Waals surface area contributed by atoms with Gasteiger partial charge in [-0.1, -0.05) is 48.5 Å². The fourth-order valence-corrected chi connectivity index (χ4v) is 3.54. The highest BCUT2D eigenvalue weighted by molar-refractivity contribution is 5.80. The Kier molecular flexibility index (Phi) is 6.85. The van der Waals surface area contributed by atoms with Gasteiger partial charge >= 0.3 is 6.09 Å². The van der Waals surface area contributed by atoms with Crippen LogP contribution < -0.4 is 0 Å². The molecule has 0 radical (unpaired) electrons. The van der Waals surface area contributed by atoms with Crippen molar-refractivity contribution in [3.05, 3.63) is 59.7 Å². The Hall–Kier alpha value is -2.90. The van der Waals surface area contributed by atoms with Crippen molar-refractivity contribution in [2.24, 2.45) is 0 Å². The van der Waals surface area contributed by atoms with Crippen LogP contribution in [0.2, 0.25) is 0 Å². The molecule has 3 rings (SSSR count). The van der Waals surface area contributed by atoms with Gasteiger partial charge in [-0.3, -0.25) is 4.79 Å². The summed E-state index contributed by atoms with van der Waals surface area (Å²) >= 11 is 0. The molecule has 0 saturated heterocycles. The molecule has 2 aromatic carbocycles. The standard InChI is InChI=1S/C22H26N2O5/c1-23(11-10-20(27)24(12-14-25)13-15-26)22(28)29-21-18-8-4-2-6-16(18)17-7-3-5-9-19(17)21/h2-9,21,25-26H,10-15H2,1H3. The fourth-order valence-electron chi connectivity index (χ4n) is 3.54. The van der Waals surface area contributed by atoms with Crippen LogP contribution in [0.15, 0.2) is 48.5 Å². The first-order chi connectivity index (χ1) is 14.1. The van der Waals surface area contributed by atoms with E-state index in [2.05, 4.69) is 0 Å². The average Bonchev–Trinajstić information content (AvgIpc) is 3.05. The van der Waals surface area contributed by atoms with Crippen molar-refractivity contribution < 1.29 is 24.5 Å². The number of aliphatic hydroxyl groups excluding tert-OH is 2. The van der Waals surface area contributed by atoms with Gasteiger partial charge in [0.1, 0.15) is 0 Å². The van der Waals surface area contributed by atoms with Gasteiger partial charge in [0.25, 0.3) is 0 Å². The number of ether oxygens (including phenoxy) is 1. The largest absolute Gasteiger partial charge is 0.436 e. The summed E-state index contributed by atoms with van der Waals surface area (Å²) in [6, 6.07) is 15.7. The first-order valence-electron chi connectivity index (χ1n) is 9.66. The predicted molar refractivity (Wildman–Crippen MR) is 108 cm³/mol. The van der Waals surface area contributed by atoms with Crippen LogP contribution in [0.25, 0.3) is 11.1 Å². The smallest absolute Gasteiger partial charge is 0.410 e. The molecule has 0 unspecified atom stereocenters. The minimum Gasteiger partial charge on any atom is -0.436 e. The lowest BCUT2D eigenvalue weighted by Crippen LogP contribution is -2.38. The van der Waals surface area contributed by atoms with Crippen LogP contribution in [0, 0.1) is 0 Å². The molecule has 0 spiro atoms. The number of hydrogen-bond donors (Lipinski definition) is 2. The molecule has 7 heteroatoms. The van der Waals surface area contributed by atoms with Crippen LogP contribution in [0.5, 0.6) is 0 Å². The zero-order valence-electron chi connectivity index (χ0n) is 16.5. The van der Waals surface area contributed by atoms with Crippen LogP contribution in [0.4, 0.5) is 4.79 Å². The van der Waals surface area contributed by atoms with E-state index in [1.54, 1.807) is 7.05 Å². The van der Waals surface area contributed by atoms with Gasteiger partial charge in [-0.2, -0.15) is 0 Å². The van der Waals surface area contributed by atoms with Gasteiger partial charge in [-0.05, 0) is 11.1 Å². The highest BCUT2D eigenvalue weighted by Gasteiger charge is 2.31. The number of rotatable bonds is 8. The van der Waals surface area contributed by atoms with E-state index >= 15 is 0 Å². The summed E-state index contributed by atoms with van der Waals surface area (Å²) in [5.41, 5.74) is 4.01. The maximum absolute atomic E-state index is 12.7. The average molecular weight is 398 g/mol. The van der Waals surface area contributed by atoms with Gasteiger partial charge in [0.05, 0.1) is 13.2 Å². The summed E-state index contributed by atoms with van der Waals surface area (Å²) < 4.78 is 5.80. The summed E-state index contributed by atoms with van der Waals surface area (Å²) in [5.74, 6) is -0.232. The molecule has 2 N–H and O–H groups in total. The Balaban J connectivity index is 1.64. The highest BCUT2D eigenvalue weighted by atomic mass is 16.6. The van der Waals surface area contributed by atoms with Crippen molar-refractivity contribution >= 4 is 12.0 Å². The number of nitrogens with zero attached hydrogens (tertiary/aromatic N) is 2. The lowest BCUT2D eigenvalue weighted by atomic mass is 10.1. The third kappa shape index (κ3) is 4.58. The van der Waals surface area contributed by atoms with Crippen LogP contribution in [0.1, 0.15) is 23.7 Å². The van der Waals surface area contributed by atoms with E-state index in [0.717, 1.165) is 22.3 Å². The number of hydrogen-bond acceptors (Lipinski definition) is 5. The van der Waals surface area contributed by atoms with E-state index in [1.165, 1.54) is 9.80 Å². The second kappa shape index (κ2) is 9.54. The number of benzene rings is 2. The quantitative estimate of drug-likeness (QED) is 0.710. The summed E-state index contributed by atoms with van der Waals surface area (Å²) in [7, 11) is 1.59. The first kappa shape index (κ1) is 20.8. The van der Waals surface area contributed by atoms with Crippen LogP contribution in [0.3, 0.4) is 0 Å². The zero-order chi connectivity index (χ0) is 20.8. The zero-order valence-corrected chi connectivity index (χ0v) is 16.5. The Morgan fingerprint density at radius 1 is 0.897 bits per heavy atom. The molecular weight excluding hydrogens is 372 g/mol. The third-order valence-electron chi connectivity index (χ3n) is 5.06. The third-order valence-corrected chi connectivity index (χ3v) is 5.06. The second-order valence-corrected chi connectivity index (χ2v) is 6.94. The van der Waals surface area contributed by atoms with Gasteiger partial charge in [-0.25, -0.2) is 4.79 Å². The van der Waals surface area contributed by atoms with E-state index < -0.39 is 12.2 Å². The van der Waals surface area contributed by atoms with Gasteiger partial charge < -0.3 is 24.7 Å². The SMILES string of the molecule is CN(CCC(=O)N(CCO)CCO)C(=O)OC1c2ccccc2-c2ccccc21. The fraction of sp³-hybridized carbons (Fsp3) is 0.364. The van der Waals surface area contributed by atoms with E-state index in [9.17, 15) is 9.59 Å². The molecular formula is C22H26N2O5. The minimum absolute atomic E-state index is 0.0867. The van der Waals surface area contributed by atoms with Crippen LogP contribution in [-0.2, 0) is 9.53 Å². The molecule has 29 heavy (non-hydrogen) atoms. The van der Waals surface area contributed by atoms with Gasteiger partial charge in [0.15, 0.2) is 6.10 Å². The van der Waals surface area contributed by atoms with Gasteiger partial charge in [-0.15, -0.1) is 0 Å². The minimum atomic E-state index is -0.509. The van der Waals surface area contributed by atoms with Gasteiger partial charge in [0.2, 0.25) is 5.91 Å². The molecule has 0 bridgehead atoms. The second-order valence-electron chi connectivity index (χ2n) is 6.94. The number of carbonyl (C=O) groups is 2. The molecule has 154 valence electrons.